The van der Waals surface area contributed by atoms with Gasteiger partial charge in [-0.1, -0.05) is 60.1 Å². The maximum Gasteiger partial charge on any atom is 0.339 e. The number of nitrogens with zero attached hydrogens (tertiary/aromatic N) is 1. The Balaban J connectivity index is 2.27. The number of carboxylic acids is 1. The molecule has 3 rings (SSSR count). The lowest BCUT2D eigenvalue weighted by atomic mass is 10.1. The van der Waals surface area contributed by atoms with Gasteiger partial charge in [-0.15, -0.1) is 0 Å². The molecule has 0 fully saturated rings. The van der Waals surface area contributed by atoms with Gasteiger partial charge in [-0.05, 0) is 18.1 Å². The van der Waals surface area contributed by atoms with Crippen LogP contribution < -0.4 is 0 Å². The van der Waals surface area contributed by atoms with Crippen molar-refractivity contribution in [2.45, 2.75) is 13.5 Å². The molecule has 106 valence electrons. The zero-order valence-electron chi connectivity index (χ0n) is 11.5. The summed E-state index contributed by atoms with van der Waals surface area (Å²) >= 11 is 6.35. The largest absolute Gasteiger partial charge is 0.478 e. The van der Waals surface area contributed by atoms with Gasteiger partial charge in [0, 0.05) is 11.9 Å². The molecule has 0 spiro atoms. The van der Waals surface area contributed by atoms with Gasteiger partial charge in [-0.2, -0.15) is 0 Å². The Morgan fingerprint density at radius 3 is 2.52 bits per heavy atom. The lowest BCUT2D eigenvalue weighted by molar-refractivity contribution is 0.0699. The van der Waals surface area contributed by atoms with Crippen LogP contribution in [0.2, 0.25) is 5.15 Å². The number of halogens is 1. The second-order valence-corrected chi connectivity index (χ2v) is 5.37. The normalized spacial score (nSPS) is 11.0. The molecule has 0 aliphatic rings. The predicted octanol–water partition coefficient (Wildman–Crippen LogP) is 4.35. The van der Waals surface area contributed by atoms with Crippen molar-refractivity contribution in [3.05, 3.63) is 70.4 Å². The number of aromatic nitrogens is 1. The van der Waals surface area contributed by atoms with Gasteiger partial charge in [0.2, 0.25) is 0 Å². The number of carbonyl (C=O) groups is 1. The maximum absolute atomic E-state index is 11.5. The van der Waals surface area contributed by atoms with E-state index in [-0.39, 0.29) is 10.7 Å². The number of hydrogen-bond donors (Lipinski definition) is 1. The fourth-order valence-electron chi connectivity index (χ4n) is 2.68. The summed E-state index contributed by atoms with van der Waals surface area (Å²) in [5, 5.41) is 10.4. The van der Waals surface area contributed by atoms with Crippen molar-refractivity contribution < 1.29 is 9.90 Å². The molecule has 0 bridgehead atoms. The van der Waals surface area contributed by atoms with Crippen LogP contribution in [0, 0.1) is 6.92 Å². The van der Waals surface area contributed by atoms with Crippen molar-refractivity contribution in [3.8, 4) is 0 Å². The molecule has 21 heavy (non-hydrogen) atoms. The Kier molecular flexibility index (Phi) is 3.43. The minimum Gasteiger partial charge on any atom is -0.478 e. The number of benzene rings is 2. The predicted molar refractivity (Wildman–Crippen MR) is 84.2 cm³/mol. The Labute approximate surface area is 127 Å². The van der Waals surface area contributed by atoms with Crippen LogP contribution in [-0.2, 0) is 6.54 Å². The molecule has 0 saturated carbocycles. The van der Waals surface area contributed by atoms with E-state index < -0.39 is 5.97 Å². The summed E-state index contributed by atoms with van der Waals surface area (Å²) in [6.45, 7) is 2.51. The van der Waals surface area contributed by atoms with E-state index in [4.69, 9.17) is 11.6 Å². The van der Waals surface area contributed by atoms with Crippen molar-refractivity contribution in [1.29, 1.82) is 0 Å². The van der Waals surface area contributed by atoms with E-state index in [0.29, 0.717) is 11.9 Å². The minimum atomic E-state index is -0.998. The van der Waals surface area contributed by atoms with E-state index in [1.807, 2.05) is 54.0 Å². The summed E-state index contributed by atoms with van der Waals surface area (Å²) in [7, 11) is 0. The molecule has 0 atom stereocenters. The molecule has 0 saturated heterocycles. The van der Waals surface area contributed by atoms with Gasteiger partial charge in [-0.25, -0.2) is 4.79 Å². The van der Waals surface area contributed by atoms with E-state index in [1.54, 1.807) is 6.07 Å². The highest BCUT2D eigenvalue weighted by atomic mass is 35.5. The van der Waals surface area contributed by atoms with Crippen LogP contribution in [-0.4, -0.2) is 15.6 Å². The Bertz CT molecular complexity index is 822. The highest BCUT2D eigenvalue weighted by Gasteiger charge is 2.21. The van der Waals surface area contributed by atoms with Crippen molar-refractivity contribution in [1.82, 2.24) is 4.57 Å². The summed E-state index contributed by atoms with van der Waals surface area (Å²) in [6, 6.07) is 15.5. The zero-order chi connectivity index (χ0) is 15.0. The first kappa shape index (κ1) is 13.7. The third kappa shape index (κ3) is 2.30. The van der Waals surface area contributed by atoms with Gasteiger partial charge in [-0.3, -0.25) is 0 Å². The second kappa shape index (κ2) is 5.26. The fourth-order valence-corrected chi connectivity index (χ4v) is 3.01. The topological polar surface area (TPSA) is 42.2 Å². The lowest BCUT2D eigenvalue weighted by Gasteiger charge is -2.09. The summed E-state index contributed by atoms with van der Waals surface area (Å²) in [6.07, 6.45) is 0. The Hall–Kier alpha value is -2.26. The molecule has 1 heterocycles. The third-order valence-corrected chi connectivity index (χ3v) is 4.01. The number of carboxylic acid groups (broad SMARTS) is 1. The first-order valence-corrected chi connectivity index (χ1v) is 7.02. The van der Waals surface area contributed by atoms with Crippen LogP contribution in [0.4, 0.5) is 0 Å². The van der Waals surface area contributed by atoms with Crippen molar-refractivity contribution in [3.63, 3.8) is 0 Å². The van der Waals surface area contributed by atoms with E-state index in [0.717, 1.165) is 16.6 Å². The Morgan fingerprint density at radius 2 is 1.86 bits per heavy atom. The second-order valence-electron chi connectivity index (χ2n) is 5.01. The number of hydrogen-bond acceptors (Lipinski definition) is 1. The molecule has 1 N–H and O–H groups in total. The molecule has 4 heteroatoms. The average molecular weight is 300 g/mol. The smallest absolute Gasteiger partial charge is 0.339 e. The summed E-state index contributed by atoms with van der Waals surface area (Å²) in [5.74, 6) is -0.998. The van der Waals surface area contributed by atoms with Gasteiger partial charge in [0.25, 0.3) is 0 Å². The van der Waals surface area contributed by atoms with E-state index >= 15 is 0 Å². The van der Waals surface area contributed by atoms with E-state index in [9.17, 15) is 9.90 Å². The average Bonchev–Trinajstić information content (AvgIpc) is 2.74. The monoisotopic (exact) mass is 299 g/mol. The van der Waals surface area contributed by atoms with Gasteiger partial charge >= 0.3 is 5.97 Å². The fraction of sp³-hybridized carbons (Fsp3) is 0.118. The molecule has 0 aliphatic heterocycles. The van der Waals surface area contributed by atoms with Crippen LogP contribution in [0.25, 0.3) is 10.9 Å². The maximum atomic E-state index is 11.5. The molecule has 3 aromatic rings. The number of aromatic carboxylic acids is 1. The SMILES string of the molecule is Cc1cccc2c(C(=O)O)c(Cl)n(Cc3ccccc3)c12. The molecule has 2 aromatic carbocycles. The van der Waals surface area contributed by atoms with Gasteiger partial charge < -0.3 is 9.67 Å². The van der Waals surface area contributed by atoms with Crippen LogP contribution in [0.5, 0.6) is 0 Å². The first-order chi connectivity index (χ1) is 10.1. The molecule has 0 amide bonds. The van der Waals surface area contributed by atoms with Crippen LogP contribution in [0.1, 0.15) is 21.5 Å². The molecule has 0 aliphatic carbocycles. The van der Waals surface area contributed by atoms with E-state index in [2.05, 4.69) is 0 Å². The minimum absolute atomic E-state index is 0.172. The van der Waals surface area contributed by atoms with E-state index in [1.165, 1.54) is 0 Å². The first-order valence-electron chi connectivity index (χ1n) is 6.64. The van der Waals surface area contributed by atoms with Crippen molar-refractivity contribution >= 4 is 28.5 Å². The third-order valence-electron chi connectivity index (χ3n) is 3.62. The standard InChI is InChI=1S/C17H14ClNO2/c1-11-6-5-9-13-14(17(20)21)16(18)19(15(11)13)10-12-7-3-2-4-8-12/h2-9H,10H2,1H3,(H,20,21). The number of aryl methyl sites for hydroxylation is 1. The lowest BCUT2D eigenvalue weighted by Crippen LogP contribution is -2.02. The molecule has 1 aromatic heterocycles. The molecule has 0 radical (unpaired) electrons. The summed E-state index contributed by atoms with van der Waals surface area (Å²) in [4.78, 5) is 11.5. The quantitative estimate of drug-likeness (QED) is 0.781. The highest BCUT2D eigenvalue weighted by molar-refractivity contribution is 6.35. The van der Waals surface area contributed by atoms with Crippen molar-refractivity contribution in [2.24, 2.45) is 0 Å². The highest BCUT2D eigenvalue weighted by Crippen LogP contribution is 2.32. The van der Waals surface area contributed by atoms with Crippen LogP contribution >= 0.6 is 11.6 Å². The number of fused-ring (bicyclic) bond motifs is 1. The Morgan fingerprint density at radius 1 is 1.14 bits per heavy atom. The van der Waals surface area contributed by atoms with Gasteiger partial charge in [0.15, 0.2) is 0 Å². The number of rotatable bonds is 3. The van der Waals surface area contributed by atoms with Crippen molar-refractivity contribution in [2.75, 3.05) is 0 Å². The van der Waals surface area contributed by atoms with Gasteiger partial charge in [0.05, 0.1) is 5.52 Å². The zero-order valence-corrected chi connectivity index (χ0v) is 12.3. The molecular weight excluding hydrogens is 286 g/mol. The molecule has 3 nitrogen and oxygen atoms in total. The van der Waals surface area contributed by atoms with Gasteiger partial charge in [0.1, 0.15) is 10.7 Å². The molecule has 0 unspecified atom stereocenters. The van der Waals surface area contributed by atoms with Crippen LogP contribution in [0.15, 0.2) is 48.5 Å². The van der Waals surface area contributed by atoms with Crippen LogP contribution in [0.3, 0.4) is 0 Å². The summed E-state index contributed by atoms with van der Waals surface area (Å²) in [5.41, 5.74) is 3.14. The molecular formula is C17H14ClNO2. The number of para-hydroxylation sites is 1. The summed E-state index contributed by atoms with van der Waals surface area (Å²) < 4.78 is 1.87.